The van der Waals surface area contributed by atoms with Crippen molar-refractivity contribution in [3.63, 3.8) is 0 Å². The number of likely N-dealkylation sites (tertiary alicyclic amines) is 1. The third-order valence-corrected chi connectivity index (χ3v) is 7.54. The van der Waals surface area contributed by atoms with E-state index < -0.39 is 10.0 Å². The van der Waals surface area contributed by atoms with Crippen LogP contribution in [0.25, 0.3) is 0 Å². The molecule has 2 aliphatic heterocycles. The van der Waals surface area contributed by atoms with Crippen LogP contribution in [0, 0.1) is 18.8 Å². The molecular weight excluding hydrogens is 364 g/mol. The number of nitrogens with zero attached hydrogens (tertiary/aromatic N) is 4. The van der Waals surface area contributed by atoms with Crippen molar-refractivity contribution in [1.29, 1.82) is 0 Å². The number of fused-ring (bicyclic) bond motifs is 1. The van der Waals surface area contributed by atoms with Crippen LogP contribution in [0.4, 0.5) is 0 Å². The molecule has 27 heavy (non-hydrogen) atoms. The average molecular weight is 388 g/mol. The quantitative estimate of drug-likeness (QED) is 0.800. The third kappa shape index (κ3) is 2.96. The maximum absolute atomic E-state index is 13.0. The molecule has 1 amide bonds. The first-order valence-electron chi connectivity index (χ1n) is 9.10. The molecule has 2 saturated heterocycles. The van der Waals surface area contributed by atoms with Crippen molar-refractivity contribution in [2.45, 2.75) is 24.9 Å². The molecule has 0 aliphatic carbocycles. The van der Waals surface area contributed by atoms with Crippen molar-refractivity contribution in [2.75, 3.05) is 19.6 Å². The first kappa shape index (κ1) is 18.2. The minimum absolute atomic E-state index is 0.0387. The van der Waals surface area contributed by atoms with Gasteiger partial charge in [-0.3, -0.25) is 4.79 Å². The normalized spacial score (nSPS) is 25.7. The fourth-order valence-electron chi connectivity index (χ4n) is 4.50. The summed E-state index contributed by atoms with van der Waals surface area (Å²) >= 11 is 0. The second kappa shape index (κ2) is 6.45. The van der Waals surface area contributed by atoms with Gasteiger partial charge in [-0.15, -0.1) is 0 Å². The topological polar surface area (TPSA) is 75.5 Å². The summed E-state index contributed by atoms with van der Waals surface area (Å²) in [6.07, 6.45) is 3.03. The lowest BCUT2D eigenvalue weighted by atomic mass is 9.87. The maximum atomic E-state index is 13.0. The Kier molecular flexibility index (Phi) is 4.35. The second-order valence-electron chi connectivity index (χ2n) is 7.60. The Bertz CT molecular complexity index is 984. The van der Waals surface area contributed by atoms with Gasteiger partial charge in [0.25, 0.3) is 10.0 Å². The standard InChI is InChI=1S/C19H24N4O3S/c1-13-6-4-5-7-16(13)19-17-10-22(8-15(17)9-23(19)14(2)24)27(25,26)18-11-21(3)12-20-18/h4-7,11-12,15,17,19H,8-10H2,1-3H3/t15-,17-,19-/m1/s1. The van der Waals surface area contributed by atoms with Crippen molar-refractivity contribution in [2.24, 2.45) is 18.9 Å². The largest absolute Gasteiger partial charge is 0.339 e. The number of rotatable bonds is 3. The number of benzene rings is 1. The predicted molar refractivity (Wildman–Crippen MR) is 100 cm³/mol. The molecule has 0 spiro atoms. The average Bonchev–Trinajstić information content (AvgIpc) is 3.29. The third-order valence-electron chi connectivity index (χ3n) is 5.83. The molecule has 0 radical (unpaired) electrons. The fraction of sp³-hybridized carbons (Fsp3) is 0.474. The van der Waals surface area contributed by atoms with E-state index in [1.807, 2.05) is 36.1 Å². The minimum atomic E-state index is -3.62. The van der Waals surface area contributed by atoms with Gasteiger partial charge in [0.1, 0.15) is 0 Å². The van der Waals surface area contributed by atoms with Gasteiger partial charge in [0.2, 0.25) is 5.91 Å². The molecule has 3 heterocycles. The van der Waals surface area contributed by atoms with Gasteiger partial charge in [-0.1, -0.05) is 24.3 Å². The number of carbonyl (C=O) groups excluding carboxylic acids is 1. The Morgan fingerprint density at radius 1 is 1.19 bits per heavy atom. The molecule has 3 atom stereocenters. The Labute approximate surface area is 159 Å². The number of hydrogen-bond acceptors (Lipinski definition) is 4. The van der Waals surface area contributed by atoms with E-state index in [1.165, 1.54) is 16.8 Å². The van der Waals surface area contributed by atoms with Gasteiger partial charge >= 0.3 is 0 Å². The molecule has 4 rings (SSSR count). The van der Waals surface area contributed by atoms with Crippen LogP contribution in [0.3, 0.4) is 0 Å². The molecule has 144 valence electrons. The molecule has 0 bridgehead atoms. The smallest absolute Gasteiger partial charge is 0.262 e. The molecule has 0 unspecified atom stereocenters. The molecule has 1 aromatic carbocycles. The Hall–Kier alpha value is -2.19. The van der Waals surface area contributed by atoms with Crippen LogP contribution in [-0.4, -0.2) is 52.7 Å². The number of sulfonamides is 1. The van der Waals surface area contributed by atoms with Crippen molar-refractivity contribution in [1.82, 2.24) is 18.8 Å². The highest BCUT2D eigenvalue weighted by Crippen LogP contribution is 2.46. The molecule has 2 aliphatic rings. The van der Waals surface area contributed by atoms with Crippen molar-refractivity contribution in [3.8, 4) is 0 Å². The molecule has 2 aromatic rings. The molecule has 7 nitrogen and oxygen atoms in total. The van der Waals surface area contributed by atoms with E-state index >= 15 is 0 Å². The molecule has 0 saturated carbocycles. The predicted octanol–water partition coefficient (Wildman–Crippen LogP) is 1.57. The van der Waals surface area contributed by atoms with Crippen LogP contribution in [-0.2, 0) is 21.9 Å². The van der Waals surface area contributed by atoms with Gasteiger partial charge in [0, 0.05) is 45.7 Å². The van der Waals surface area contributed by atoms with Gasteiger partial charge < -0.3 is 9.47 Å². The number of imidazole rings is 1. The summed E-state index contributed by atoms with van der Waals surface area (Å²) in [6, 6.07) is 7.96. The zero-order valence-electron chi connectivity index (χ0n) is 15.7. The lowest BCUT2D eigenvalue weighted by Gasteiger charge is -2.29. The highest BCUT2D eigenvalue weighted by Gasteiger charge is 2.51. The Balaban J connectivity index is 1.66. The van der Waals surface area contributed by atoms with Crippen molar-refractivity contribution < 1.29 is 13.2 Å². The van der Waals surface area contributed by atoms with E-state index in [9.17, 15) is 13.2 Å². The Morgan fingerprint density at radius 3 is 2.56 bits per heavy atom. The SMILES string of the molecule is CC(=O)N1C[C@H]2CN(S(=O)(=O)c3cn(C)cn3)C[C@H]2[C@H]1c1ccccc1C. The summed E-state index contributed by atoms with van der Waals surface area (Å²) < 4.78 is 29.1. The van der Waals surface area contributed by atoms with E-state index in [0.717, 1.165) is 11.1 Å². The molecule has 2 fully saturated rings. The zero-order chi connectivity index (χ0) is 19.3. The van der Waals surface area contributed by atoms with E-state index in [4.69, 9.17) is 0 Å². The first-order chi connectivity index (χ1) is 12.8. The maximum Gasteiger partial charge on any atom is 0.262 e. The molecule has 8 heteroatoms. The first-order valence-corrected chi connectivity index (χ1v) is 10.5. The van der Waals surface area contributed by atoms with Crippen LogP contribution >= 0.6 is 0 Å². The number of carbonyl (C=O) groups is 1. The summed E-state index contributed by atoms with van der Waals surface area (Å²) in [5.41, 5.74) is 2.23. The highest BCUT2D eigenvalue weighted by molar-refractivity contribution is 7.89. The summed E-state index contributed by atoms with van der Waals surface area (Å²) in [4.78, 5) is 18.2. The number of aryl methyl sites for hydroxylation is 2. The van der Waals surface area contributed by atoms with E-state index in [1.54, 1.807) is 18.5 Å². The monoisotopic (exact) mass is 388 g/mol. The van der Waals surface area contributed by atoms with E-state index in [-0.39, 0.29) is 28.8 Å². The second-order valence-corrected chi connectivity index (χ2v) is 9.48. The number of hydrogen-bond donors (Lipinski definition) is 0. The molecule has 0 N–H and O–H groups in total. The van der Waals surface area contributed by atoms with Gasteiger partial charge in [-0.25, -0.2) is 13.4 Å². The summed E-state index contributed by atoms with van der Waals surface area (Å²) in [5, 5.41) is 0.0841. The summed E-state index contributed by atoms with van der Waals surface area (Å²) in [6.45, 7) is 5.06. The highest BCUT2D eigenvalue weighted by atomic mass is 32.2. The van der Waals surface area contributed by atoms with E-state index in [2.05, 4.69) is 4.98 Å². The summed E-state index contributed by atoms with van der Waals surface area (Å²) in [7, 11) is -1.86. The van der Waals surface area contributed by atoms with Crippen molar-refractivity contribution in [3.05, 3.63) is 47.9 Å². The molecule has 1 aromatic heterocycles. The van der Waals surface area contributed by atoms with Crippen molar-refractivity contribution >= 4 is 15.9 Å². The number of aromatic nitrogens is 2. The molecular formula is C19H24N4O3S. The zero-order valence-corrected chi connectivity index (χ0v) is 16.6. The summed E-state index contributed by atoms with van der Waals surface area (Å²) in [5.74, 6) is 0.266. The van der Waals surface area contributed by atoms with Crippen LogP contribution in [0.2, 0.25) is 0 Å². The van der Waals surface area contributed by atoms with Gasteiger partial charge in [0.05, 0.1) is 12.4 Å². The van der Waals surface area contributed by atoms with Gasteiger partial charge in [0.15, 0.2) is 5.03 Å². The van der Waals surface area contributed by atoms with Crippen LogP contribution in [0.1, 0.15) is 24.1 Å². The fourth-order valence-corrected chi connectivity index (χ4v) is 6.00. The van der Waals surface area contributed by atoms with Gasteiger partial charge in [-0.2, -0.15) is 4.31 Å². The van der Waals surface area contributed by atoms with Crippen LogP contribution in [0.5, 0.6) is 0 Å². The minimum Gasteiger partial charge on any atom is -0.339 e. The lowest BCUT2D eigenvalue weighted by Crippen LogP contribution is -2.36. The lowest BCUT2D eigenvalue weighted by molar-refractivity contribution is -0.130. The van der Waals surface area contributed by atoms with Crippen LogP contribution in [0.15, 0.2) is 41.8 Å². The van der Waals surface area contributed by atoms with Gasteiger partial charge in [-0.05, 0) is 24.0 Å². The van der Waals surface area contributed by atoms with Crippen LogP contribution < -0.4 is 0 Å². The van der Waals surface area contributed by atoms with E-state index in [0.29, 0.717) is 19.6 Å². The Morgan fingerprint density at radius 2 is 1.93 bits per heavy atom. The number of amides is 1.